The van der Waals surface area contributed by atoms with Crippen molar-refractivity contribution in [1.29, 1.82) is 0 Å². The molecule has 3 aromatic rings. The Morgan fingerprint density at radius 1 is 0.865 bits per heavy atom. The van der Waals surface area contributed by atoms with E-state index in [1.54, 1.807) is 4.90 Å². The maximum absolute atomic E-state index is 13.7. The average molecular weight is 501 g/mol. The molecule has 0 saturated heterocycles. The van der Waals surface area contributed by atoms with Crippen LogP contribution in [0.1, 0.15) is 55.4 Å². The van der Waals surface area contributed by atoms with Gasteiger partial charge < -0.3 is 15.0 Å². The minimum absolute atomic E-state index is 0.0324. The van der Waals surface area contributed by atoms with E-state index >= 15 is 0 Å². The highest BCUT2D eigenvalue weighted by Crippen LogP contribution is 2.18. The van der Waals surface area contributed by atoms with Crippen LogP contribution in [-0.4, -0.2) is 35.4 Å². The molecule has 0 aliphatic carbocycles. The van der Waals surface area contributed by atoms with Gasteiger partial charge in [-0.25, -0.2) is 0 Å². The lowest BCUT2D eigenvalue weighted by molar-refractivity contribution is -0.141. The number of hydrogen-bond acceptors (Lipinski definition) is 3. The van der Waals surface area contributed by atoms with Crippen LogP contribution in [0.3, 0.4) is 0 Å². The van der Waals surface area contributed by atoms with Crippen molar-refractivity contribution in [3.05, 3.63) is 101 Å². The van der Waals surface area contributed by atoms with Gasteiger partial charge in [0.2, 0.25) is 11.8 Å². The largest absolute Gasteiger partial charge is 0.494 e. The molecule has 3 rings (SSSR count). The minimum atomic E-state index is -0.608. The van der Waals surface area contributed by atoms with E-state index in [4.69, 9.17) is 4.74 Å². The van der Waals surface area contributed by atoms with Gasteiger partial charge in [-0.15, -0.1) is 0 Å². The molecule has 0 aliphatic rings. The normalized spacial score (nSPS) is 12.4. The van der Waals surface area contributed by atoms with Gasteiger partial charge in [-0.05, 0) is 56.9 Å². The third-order valence-corrected chi connectivity index (χ3v) is 6.57. The van der Waals surface area contributed by atoms with Gasteiger partial charge in [-0.3, -0.25) is 9.59 Å². The molecular formula is C32H40N2O3. The van der Waals surface area contributed by atoms with Crippen molar-refractivity contribution < 1.29 is 14.3 Å². The second kappa shape index (κ2) is 14.2. The zero-order chi connectivity index (χ0) is 26.6. The fourth-order valence-corrected chi connectivity index (χ4v) is 4.08. The van der Waals surface area contributed by atoms with Crippen LogP contribution in [0, 0.1) is 13.8 Å². The van der Waals surface area contributed by atoms with E-state index in [0.29, 0.717) is 32.4 Å². The summed E-state index contributed by atoms with van der Waals surface area (Å²) in [5, 5.41) is 3.12. The molecule has 196 valence electrons. The summed E-state index contributed by atoms with van der Waals surface area (Å²) >= 11 is 0. The summed E-state index contributed by atoms with van der Waals surface area (Å²) in [6.45, 7) is 8.93. The Hall–Kier alpha value is -3.60. The van der Waals surface area contributed by atoms with E-state index in [9.17, 15) is 9.59 Å². The number of ether oxygens (including phenoxy) is 1. The molecule has 0 fully saturated rings. The monoisotopic (exact) mass is 500 g/mol. The molecule has 5 nitrogen and oxygen atoms in total. The Morgan fingerprint density at radius 3 is 2.11 bits per heavy atom. The summed E-state index contributed by atoms with van der Waals surface area (Å²) in [4.78, 5) is 28.9. The van der Waals surface area contributed by atoms with E-state index in [1.165, 1.54) is 5.56 Å². The van der Waals surface area contributed by atoms with Crippen LogP contribution in [0.25, 0.3) is 0 Å². The summed E-state index contributed by atoms with van der Waals surface area (Å²) in [5.74, 6) is 0.632. The van der Waals surface area contributed by atoms with E-state index in [2.05, 4.69) is 5.32 Å². The fraction of sp³-hybridized carbons (Fsp3) is 0.375. The van der Waals surface area contributed by atoms with Gasteiger partial charge in [0, 0.05) is 25.4 Å². The van der Waals surface area contributed by atoms with Crippen molar-refractivity contribution in [2.45, 2.75) is 72.0 Å². The van der Waals surface area contributed by atoms with E-state index < -0.39 is 6.04 Å². The van der Waals surface area contributed by atoms with Gasteiger partial charge in [0.05, 0.1) is 6.61 Å². The van der Waals surface area contributed by atoms with E-state index in [-0.39, 0.29) is 17.9 Å². The van der Waals surface area contributed by atoms with Gasteiger partial charge in [0.25, 0.3) is 0 Å². The van der Waals surface area contributed by atoms with Crippen molar-refractivity contribution >= 4 is 11.8 Å². The number of rotatable bonds is 13. The van der Waals surface area contributed by atoms with Crippen molar-refractivity contribution in [2.24, 2.45) is 0 Å². The fourth-order valence-electron chi connectivity index (χ4n) is 4.08. The number of carbonyl (C=O) groups is 2. The Morgan fingerprint density at radius 2 is 1.49 bits per heavy atom. The standard InChI is InChI=1S/C32H40N2O3/c1-5-26(4)33-32(36)30(22-27-10-7-6-8-11-27)34(23-28-17-13-24(2)14-18-28)31(35)12-9-21-37-29-19-15-25(3)16-20-29/h6-8,10-11,13-20,26,30H,5,9,12,21-23H2,1-4H3,(H,33,36)/t26-,30+/m0/s1. The summed E-state index contributed by atoms with van der Waals surface area (Å²) in [7, 11) is 0. The molecule has 0 aromatic heterocycles. The first-order valence-corrected chi connectivity index (χ1v) is 13.2. The lowest BCUT2D eigenvalue weighted by Crippen LogP contribution is -2.52. The van der Waals surface area contributed by atoms with Gasteiger partial charge in [0.15, 0.2) is 0 Å². The second-order valence-electron chi connectivity index (χ2n) is 9.80. The van der Waals surface area contributed by atoms with Crippen molar-refractivity contribution in [1.82, 2.24) is 10.2 Å². The predicted molar refractivity (Wildman–Crippen MR) is 149 cm³/mol. The molecule has 2 atom stereocenters. The van der Waals surface area contributed by atoms with Gasteiger partial charge in [-0.1, -0.05) is 84.8 Å². The highest BCUT2D eigenvalue weighted by Gasteiger charge is 2.30. The molecule has 0 aliphatic heterocycles. The molecule has 0 radical (unpaired) electrons. The first kappa shape index (κ1) is 28.0. The molecule has 2 amide bonds. The molecule has 3 aromatic carbocycles. The Bertz CT molecular complexity index is 1110. The number of hydrogen-bond donors (Lipinski definition) is 1. The molecule has 1 N–H and O–H groups in total. The summed E-state index contributed by atoms with van der Waals surface area (Å²) in [6, 6.07) is 25.4. The maximum atomic E-state index is 13.7. The molecule has 0 bridgehead atoms. The summed E-state index contributed by atoms with van der Waals surface area (Å²) in [6.07, 6.45) is 2.16. The number of carbonyl (C=O) groups excluding carboxylic acids is 2. The second-order valence-corrected chi connectivity index (χ2v) is 9.80. The average Bonchev–Trinajstić information content (AvgIpc) is 2.91. The molecular weight excluding hydrogens is 460 g/mol. The molecule has 0 unspecified atom stereocenters. The van der Waals surface area contributed by atoms with Crippen LogP contribution in [0.4, 0.5) is 0 Å². The predicted octanol–water partition coefficient (Wildman–Crippen LogP) is 6.02. The van der Waals surface area contributed by atoms with E-state index in [0.717, 1.165) is 28.9 Å². The highest BCUT2D eigenvalue weighted by atomic mass is 16.5. The summed E-state index contributed by atoms with van der Waals surface area (Å²) < 4.78 is 5.84. The first-order valence-electron chi connectivity index (χ1n) is 13.2. The Balaban J connectivity index is 1.78. The molecule has 5 heteroatoms. The quantitative estimate of drug-likeness (QED) is 0.292. The first-order chi connectivity index (χ1) is 17.9. The van der Waals surface area contributed by atoms with Crippen molar-refractivity contribution in [2.75, 3.05) is 6.61 Å². The van der Waals surface area contributed by atoms with E-state index in [1.807, 2.05) is 107 Å². The van der Waals surface area contributed by atoms with Crippen molar-refractivity contribution in [3.8, 4) is 5.75 Å². The van der Waals surface area contributed by atoms with Crippen LogP contribution < -0.4 is 10.1 Å². The topological polar surface area (TPSA) is 58.6 Å². The highest BCUT2D eigenvalue weighted by molar-refractivity contribution is 5.88. The molecule has 0 heterocycles. The van der Waals surface area contributed by atoms with Gasteiger partial charge in [-0.2, -0.15) is 0 Å². The van der Waals surface area contributed by atoms with Crippen LogP contribution in [0.5, 0.6) is 5.75 Å². The van der Waals surface area contributed by atoms with Crippen LogP contribution in [-0.2, 0) is 22.6 Å². The third kappa shape index (κ3) is 9.09. The van der Waals surface area contributed by atoms with Crippen LogP contribution in [0.15, 0.2) is 78.9 Å². The lowest BCUT2D eigenvalue weighted by Gasteiger charge is -2.32. The van der Waals surface area contributed by atoms with Crippen LogP contribution in [0.2, 0.25) is 0 Å². The number of benzene rings is 3. The Kier molecular flexibility index (Phi) is 10.8. The number of amides is 2. The van der Waals surface area contributed by atoms with Gasteiger partial charge >= 0.3 is 0 Å². The number of aryl methyl sites for hydroxylation is 2. The number of nitrogens with zero attached hydrogens (tertiary/aromatic N) is 1. The van der Waals surface area contributed by atoms with Gasteiger partial charge in [0.1, 0.15) is 11.8 Å². The van der Waals surface area contributed by atoms with Crippen LogP contribution >= 0.6 is 0 Å². The SMILES string of the molecule is CC[C@H](C)NC(=O)[C@@H](Cc1ccccc1)N(Cc1ccc(C)cc1)C(=O)CCCOc1ccc(C)cc1. The molecule has 0 spiro atoms. The number of nitrogens with one attached hydrogen (secondary N) is 1. The van der Waals surface area contributed by atoms with Crippen molar-refractivity contribution in [3.63, 3.8) is 0 Å². The smallest absolute Gasteiger partial charge is 0.243 e. The third-order valence-electron chi connectivity index (χ3n) is 6.57. The molecule has 37 heavy (non-hydrogen) atoms. The molecule has 0 saturated carbocycles. The maximum Gasteiger partial charge on any atom is 0.243 e. The lowest BCUT2D eigenvalue weighted by atomic mass is 10.0. The minimum Gasteiger partial charge on any atom is -0.494 e. The summed E-state index contributed by atoms with van der Waals surface area (Å²) in [5.41, 5.74) is 4.36. The zero-order valence-electron chi connectivity index (χ0n) is 22.6. The Labute approximate surface area is 221 Å². The zero-order valence-corrected chi connectivity index (χ0v) is 22.6.